The number of aliphatic carboxylic acids is 1. The van der Waals surface area contributed by atoms with Crippen molar-refractivity contribution in [1.29, 1.82) is 0 Å². The van der Waals surface area contributed by atoms with Crippen molar-refractivity contribution in [3.05, 3.63) is 29.3 Å². The number of imidazole rings is 1. The third-order valence-electron chi connectivity index (χ3n) is 2.02. The van der Waals surface area contributed by atoms with Crippen molar-refractivity contribution in [2.75, 3.05) is 6.54 Å². The van der Waals surface area contributed by atoms with Crippen LogP contribution < -0.4 is 10.6 Å². The first-order valence-electron chi connectivity index (χ1n) is 5.06. The normalized spacial score (nSPS) is 11.6. The Hall–Kier alpha value is -1.83. The Labute approximate surface area is 112 Å². The minimum absolute atomic E-state index is 0.137. The molecule has 4 N–H and O–H groups in total. The average molecular weight is 317 g/mol. The van der Waals surface area contributed by atoms with E-state index in [1.165, 1.54) is 12.5 Å². The van der Waals surface area contributed by atoms with Gasteiger partial charge in [-0.1, -0.05) is 22.5 Å². The molecule has 0 unspecified atom stereocenters. The lowest BCUT2D eigenvalue weighted by Gasteiger charge is -2.14. The molecule has 0 spiro atoms. The van der Waals surface area contributed by atoms with Crippen LogP contribution in [0.2, 0.25) is 0 Å². The van der Waals surface area contributed by atoms with Gasteiger partial charge >= 0.3 is 12.0 Å². The van der Waals surface area contributed by atoms with Gasteiger partial charge in [0.05, 0.1) is 12.9 Å². The zero-order valence-corrected chi connectivity index (χ0v) is 11.0. The number of aromatic amines is 1. The molecule has 0 saturated heterocycles. The highest BCUT2D eigenvalue weighted by molar-refractivity contribution is 9.11. The molecule has 0 bridgehead atoms. The predicted molar refractivity (Wildman–Crippen MR) is 68.3 cm³/mol. The van der Waals surface area contributed by atoms with Crippen molar-refractivity contribution in [3.63, 3.8) is 0 Å². The topological polar surface area (TPSA) is 107 Å². The molecule has 0 saturated carbocycles. The number of nitrogens with one attached hydrogen (secondary N) is 3. The fraction of sp³-hybridized carbons (Fsp3) is 0.300. The van der Waals surface area contributed by atoms with Crippen molar-refractivity contribution in [3.8, 4) is 0 Å². The molecule has 98 valence electrons. The number of halogens is 1. The van der Waals surface area contributed by atoms with Gasteiger partial charge in [-0.05, 0) is 0 Å². The number of H-pyrrole nitrogens is 1. The Morgan fingerprint density at radius 2 is 2.33 bits per heavy atom. The van der Waals surface area contributed by atoms with Gasteiger partial charge in [0.15, 0.2) is 0 Å². The SMILES string of the molecule is C=C(Br)CNC(=O)N[C@H](Cc1cnc[nH]1)C(=O)O. The summed E-state index contributed by atoms with van der Waals surface area (Å²) in [6.45, 7) is 3.77. The average Bonchev–Trinajstić information content (AvgIpc) is 2.78. The Balaban J connectivity index is 2.50. The molecular formula is C10H13BrN4O3. The smallest absolute Gasteiger partial charge is 0.326 e. The highest BCUT2D eigenvalue weighted by Gasteiger charge is 2.20. The van der Waals surface area contributed by atoms with Gasteiger partial charge in [-0.25, -0.2) is 14.6 Å². The van der Waals surface area contributed by atoms with Gasteiger partial charge in [0.1, 0.15) is 6.04 Å². The maximum Gasteiger partial charge on any atom is 0.326 e. The number of carboxylic acid groups (broad SMARTS) is 1. The van der Waals surface area contributed by atoms with Crippen LogP contribution in [0.3, 0.4) is 0 Å². The Bertz CT molecular complexity index is 432. The molecule has 0 radical (unpaired) electrons. The Kier molecular flexibility index (Phi) is 5.37. The van der Waals surface area contributed by atoms with E-state index in [9.17, 15) is 9.59 Å². The molecule has 1 heterocycles. The van der Waals surface area contributed by atoms with E-state index in [1.54, 1.807) is 0 Å². The summed E-state index contributed by atoms with van der Waals surface area (Å²) in [5, 5.41) is 13.8. The van der Waals surface area contributed by atoms with E-state index >= 15 is 0 Å². The highest BCUT2D eigenvalue weighted by Crippen LogP contribution is 1.99. The van der Waals surface area contributed by atoms with Crippen molar-refractivity contribution in [2.24, 2.45) is 0 Å². The van der Waals surface area contributed by atoms with Gasteiger partial charge in [0.2, 0.25) is 0 Å². The number of carboxylic acids is 1. The summed E-state index contributed by atoms with van der Waals surface area (Å²) >= 11 is 3.08. The number of hydrogen-bond acceptors (Lipinski definition) is 3. The molecule has 1 aromatic rings. The fourth-order valence-corrected chi connectivity index (χ4v) is 1.34. The van der Waals surface area contributed by atoms with E-state index in [-0.39, 0.29) is 13.0 Å². The number of nitrogens with zero attached hydrogens (tertiary/aromatic N) is 1. The number of aromatic nitrogens is 2. The fourth-order valence-electron chi connectivity index (χ4n) is 1.20. The van der Waals surface area contributed by atoms with Gasteiger partial charge in [0, 0.05) is 22.8 Å². The van der Waals surface area contributed by atoms with E-state index < -0.39 is 18.0 Å². The zero-order chi connectivity index (χ0) is 13.5. The second-order valence-electron chi connectivity index (χ2n) is 3.52. The summed E-state index contributed by atoms with van der Waals surface area (Å²) in [7, 11) is 0. The van der Waals surface area contributed by atoms with E-state index in [1.807, 2.05) is 0 Å². The summed E-state index contributed by atoms with van der Waals surface area (Å²) in [6.07, 6.45) is 3.09. The monoisotopic (exact) mass is 316 g/mol. The molecule has 1 atom stereocenters. The van der Waals surface area contributed by atoms with Crippen molar-refractivity contribution in [2.45, 2.75) is 12.5 Å². The largest absolute Gasteiger partial charge is 0.480 e. The minimum Gasteiger partial charge on any atom is -0.480 e. The van der Waals surface area contributed by atoms with E-state index in [0.717, 1.165) is 0 Å². The first kappa shape index (κ1) is 14.2. The Morgan fingerprint density at radius 1 is 1.61 bits per heavy atom. The van der Waals surface area contributed by atoms with Crippen LogP contribution in [-0.2, 0) is 11.2 Å². The van der Waals surface area contributed by atoms with E-state index in [4.69, 9.17) is 5.11 Å². The molecule has 0 aliphatic heterocycles. The van der Waals surface area contributed by atoms with Crippen LogP contribution in [0.1, 0.15) is 5.69 Å². The molecular weight excluding hydrogens is 304 g/mol. The van der Waals surface area contributed by atoms with Crippen LogP contribution >= 0.6 is 15.9 Å². The molecule has 1 rings (SSSR count). The number of hydrogen-bond donors (Lipinski definition) is 4. The second kappa shape index (κ2) is 6.80. The molecule has 8 heteroatoms. The second-order valence-corrected chi connectivity index (χ2v) is 4.64. The lowest BCUT2D eigenvalue weighted by atomic mass is 10.2. The molecule has 18 heavy (non-hydrogen) atoms. The summed E-state index contributed by atoms with van der Waals surface area (Å²) in [5.41, 5.74) is 0.632. The maximum atomic E-state index is 11.4. The summed E-state index contributed by atoms with van der Waals surface area (Å²) in [5.74, 6) is -1.11. The van der Waals surface area contributed by atoms with Crippen LogP contribution in [0.5, 0.6) is 0 Å². The first-order valence-corrected chi connectivity index (χ1v) is 5.86. The van der Waals surface area contributed by atoms with Crippen LogP contribution in [0.25, 0.3) is 0 Å². The molecule has 0 aliphatic carbocycles. The molecule has 0 aromatic carbocycles. The molecule has 2 amide bonds. The van der Waals surface area contributed by atoms with Gasteiger partial charge in [-0.3, -0.25) is 0 Å². The van der Waals surface area contributed by atoms with Crippen molar-refractivity contribution < 1.29 is 14.7 Å². The minimum atomic E-state index is -1.11. The third-order valence-corrected chi connectivity index (χ3v) is 2.30. The summed E-state index contributed by atoms with van der Waals surface area (Å²) in [6, 6.07) is -1.59. The zero-order valence-electron chi connectivity index (χ0n) is 9.44. The Morgan fingerprint density at radius 3 is 2.83 bits per heavy atom. The molecule has 1 aromatic heterocycles. The molecule has 7 nitrogen and oxygen atoms in total. The quantitative estimate of drug-likeness (QED) is 0.617. The van der Waals surface area contributed by atoms with Crippen molar-refractivity contribution in [1.82, 2.24) is 20.6 Å². The van der Waals surface area contributed by atoms with Gasteiger partial charge in [-0.2, -0.15) is 0 Å². The number of carbonyl (C=O) groups is 2. The van der Waals surface area contributed by atoms with Crippen LogP contribution in [-0.4, -0.2) is 39.7 Å². The van der Waals surface area contributed by atoms with Gasteiger partial charge in [-0.15, -0.1) is 0 Å². The summed E-state index contributed by atoms with van der Waals surface area (Å²) in [4.78, 5) is 29.0. The van der Waals surface area contributed by atoms with Crippen LogP contribution in [0.4, 0.5) is 4.79 Å². The lowest BCUT2D eigenvalue weighted by molar-refractivity contribution is -0.139. The first-order chi connectivity index (χ1) is 8.49. The van der Waals surface area contributed by atoms with Gasteiger partial charge < -0.3 is 20.7 Å². The lowest BCUT2D eigenvalue weighted by Crippen LogP contribution is -2.47. The molecule has 0 aliphatic rings. The number of carbonyl (C=O) groups excluding carboxylic acids is 1. The maximum absolute atomic E-state index is 11.4. The molecule has 0 fully saturated rings. The van der Waals surface area contributed by atoms with Crippen LogP contribution in [0.15, 0.2) is 23.6 Å². The summed E-state index contributed by atoms with van der Waals surface area (Å²) < 4.78 is 0.595. The third kappa shape index (κ3) is 5.00. The van der Waals surface area contributed by atoms with E-state index in [2.05, 4.69) is 43.1 Å². The number of rotatable bonds is 6. The number of amides is 2. The highest BCUT2D eigenvalue weighted by atomic mass is 79.9. The van der Waals surface area contributed by atoms with Crippen LogP contribution in [0, 0.1) is 0 Å². The number of urea groups is 1. The standard InChI is InChI=1S/C10H13BrN4O3/c1-6(11)3-13-10(18)15-8(9(16)17)2-7-4-12-5-14-7/h4-5,8H,1-3H2,(H,12,14)(H,16,17)(H2,13,15,18)/t8-/m1/s1. The predicted octanol–water partition coefficient (Wildman–Crippen LogP) is 0.613. The van der Waals surface area contributed by atoms with Crippen molar-refractivity contribution >= 4 is 27.9 Å². The van der Waals surface area contributed by atoms with Gasteiger partial charge in [0.25, 0.3) is 0 Å². The van der Waals surface area contributed by atoms with E-state index in [0.29, 0.717) is 10.2 Å².